The van der Waals surface area contributed by atoms with Gasteiger partial charge in [0.15, 0.2) is 5.82 Å². The Labute approximate surface area is 375 Å². The predicted octanol–water partition coefficient (Wildman–Crippen LogP) is 8.93. The molecule has 322 valence electrons. The van der Waals surface area contributed by atoms with Crippen molar-refractivity contribution < 1.29 is 18.1 Å². The maximum atomic E-state index is 13.8. The third kappa shape index (κ3) is 11.0. The summed E-state index contributed by atoms with van der Waals surface area (Å²) in [6.07, 6.45) is 2.02. The molecular formula is C45H46Cl2N8O5S2. The lowest BCUT2D eigenvalue weighted by molar-refractivity contribution is -0.384. The van der Waals surface area contributed by atoms with Crippen molar-refractivity contribution >= 4 is 78.8 Å². The topological polar surface area (TPSA) is 146 Å². The SMILES string of the molecule is O=[N+]([O-])c1cc(S(=O)(=O)Nc2ncnc3cc(N4CCN(Cc5ccccc5-c5ccc(Cl)cc5)CC4)ccc23)ccc1N[C@H](CCN1CCOCC1)CSc1ccc(Cl)cc1. The first-order valence-corrected chi connectivity index (χ1v) is 23.6. The van der Waals surface area contributed by atoms with Crippen molar-refractivity contribution in [3.8, 4) is 11.1 Å². The van der Waals surface area contributed by atoms with Crippen LogP contribution < -0.4 is 14.9 Å². The van der Waals surface area contributed by atoms with Gasteiger partial charge in [0.1, 0.15) is 12.0 Å². The number of halogens is 2. The Morgan fingerprint density at radius 3 is 2.29 bits per heavy atom. The largest absolute Gasteiger partial charge is 0.379 e. The number of anilines is 3. The molecule has 0 aliphatic carbocycles. The number of nitrogens with one attached hydrogen (secondary N) is 2. The number of hydrogen-bond donors (Lipinski definition) is 2. The van der Waals surface area contributed by atoms with Crippen molar-refractivity contribution in [2.24, 2.45) is 0 Å². The summed E-state index contributed by atoms with van der Waals surface area (Å²) >= 11 is 13.9. The Hall–Kier alpha value is -5.00. The zero-order valence-electron chi connectivity index (χ0n) is 33.8. The fourth-order valence-electron chi connectivity index (χ4n) is 7.74. The van der Waals surface area contributed by atoms with Crippen molar-refractivity contribution in [3.63, 3.8) is 0 Å². The molecule has 1 aromatic heterocycles. The number of rotatable bonds is 16. The molecule has 3 heterocycles. The van der Waals surface area contributed by atoms with Gasteiger partial charge >= 0.3 is 0 Å². The van der Waals surface area contributed by atoms with Gasteiger partial charge in [0.05, 0.1) is 28.5 Å². The fraction of sp³-hybridized carbons (Fsp3) is 0.289. The first-order valence-electron chi connectivity index (χ1n) is 20.4. The Balaban J connectivity index is 0.935. The van der Waals surface area contributed by atoms with Crippen molar-refractivity contribution in [2.75, 3.05) is 79.7 Å². The standard InChI is InChI=1S/C45H46Cl2N8O5S2/c46-34-7-5-32(6-8-34)40-4-2-1-3-33(40)29-53-19-21-54(22-20-53)37-11-15-41-43(27-37)48-31-49-45(41)51-62(58,59)39-14-16-42(44(28-39)55(56)57)50-36(17-18-52-23-25-60-26-24-52)30-61-38-12-9-35(47)10-13-38/h1-16,27-28,31,36,50H,17-26,29-30H2,(H,48,49,51)/t36-/m1/s1. The Kier molecular flexibility index (Phi) is 14.1. The smallest absolute Gasteiger partial charge is 0.293 e. The number of aromatic nitrogens is 2. The molecule has 62 heavy (non-hydrogen) atoms. The first-order chi connectivity index (χ1) is 30.1. The number of piperazine rings is 1. The van der Waals surface area contributed by atoms with Crippen LogP contribution in [-0.4, -0.2) is 104 Å². The Bertz CT molecular complexity index is 2610. The van der Waals surface area contributed by atoms with E-state index in [1.54, 1.807) is 11.8 Å². The van der Waals surface area contributed by atoms with Crippen LogP contribution in [0.1, 0.15) is 12.0 Å². The Morgan fingerprint density at radius 2 is 1.55 bits per heavy atom. The van der Waals surface area contributed by atoms with E-state index in [0.717, 1.165) is 74.6 Å². The van der Waals surface area contributed by atoms with Gasteiger partial charge in [0.2, 0.25) is 0 Å². The molecule has 0 radical (unpaired) electrons. The monoisotopic (exact) mass is 912 g/mol. The second-order valence-corrected chi connectivity index (χ2v) is 18.9. The summed E-state index contributed by atoms with van der Waals surface area (Å²) in [4.78, 5) is 28.4. The quantitative estimate of drug-likeness (QED) is 0.0543. The van der Waals surface area contributed by atoms with E-state index < -0.39 is 14.9 Å². The van der Waals surface area contributed by atoms with E-state index in [2.05, 4.69) is 71.1 Å². The van der Waals surface area contributed by atoms with Crippen LogP contribution in [0.3, 0.4) is 0 Å². The van der Waals surface area contributed by atoms with E-state index in [0.29, 0.717) is 46.3 Å². The summed E-state index contributed by atoms with van der Waals surface area (Å²) in [7, 11) is -4.29. The number of sulfonamides is 1. The number of nitrogens with zero attached hydrogens (tertiary/aromatic N) is 6. The second kappa shape index (κ2) is 20.0. The van der Waals surface area contributed by atoms with Crippen molar-refractivity contribution in [3.05, 3.63) is 141 Å². The van der Waals surface area contributed by atoms with Gasteiger partial charge < -0.3 is 15.0 Å². The molecular weight excluding hydrogens is 868 g/mol. The van der Waals surface area contributed by atoms with E-state index >= 15 is 0 Å². The molecule has 2 saturated heterocycles. The second-order valence-electron chi connectivity index (χ2n) is 15.2. The summed E-state index contributed by atoms with van der Waals surface area (Å²) < 4.78 is 35.8. The molecule has 1 atom stereocenters. The van der Waals surface area contributed by atoms with Crippen LogP contribution in [0.5, 0.6) is 0 Å². The average molecular weight is 914 g/mol. The number of ether oxygens (including phenoxy) is 1. The van der Waals surface area contributed by atoms with Crippen molar-refractivity contribution in [1.29, 1.82) is 0 Å². The normalized spacial score (nSPS) is 15.7. The first kappa shape index (κ1) is 43.6. The zero-order valence-corrected chi connectivity index (χ0v) is 37.0. The lowest BCUT2D eigenvalue weighted by Gasteiger charge is -2.36. The fourth-order valence-corrected chi connectivity index (χ4v) is 10.0. The molecule has 8 rings (SSSR count). The van der Waals surface area contributed by atoms with Crippen LogP contribution in [0.25, 0.3) is 22.0 Å². The third-order valence-electron chi connectivity index (χ3n) is 11.2. The van der Waals surface area contributed by atoms with E-state index in [1.165, 1.54) is 29.6 Å². The molecule has 13 nitrogen and oxygen atoms in total. The summed E-state index contributed by atoms with van der Waals surface area (Å²) in [5.74, 6) is 0.697. The molecule has 2 fully saturated rings. The zero-order chi connectivity index (χ0) is 43.1. The number of benzene rings is 5. The van der Waals surface area contributed by atoms with Crippen LogP contribution in [0.2, 0.25) is 10.0 Å². The highest BCUT2D eigenvalue weighted by Crippen LogP contribution is 2.33. The summed E-state index contributed by atoms with van der Waals surface area (Å²) in [6, 6.07) is 33.4. The van der Waals surface area contributed by atoms with E-state index in [1.807, 2.05) is 54.6 Å². The van der Waals surface area contributed by atoms with Gasteiger partial charge in [-0.1, -0.05) is 59.6 Å². The summed E-state index contributed by atoms with van der Waals surface area (Å²) in [5, 5.41) is 17.7. The molecule has 2 aliphatic rings. The number of thioether (sulfide) groups is 1. The van der Waals surface area contributed by atoms with E-state index in [9.17, 15) is 18.5 Å². The third-order valence-corrected chi connectivity index (χ3v) is 14.2. The maximum absolute atomic E-state index is 13.8. The van der Waals surface area contributed by atoms with Gasteiger partial charge in [0, 0.05) is 96.2 Å². The van der Waals surface area contributed by atoms with Gasteiger partial charge in [-0.15, -0.1) is 11.8 Å². The highest BCUT2D eigenvalue weighted by atomic mass is 35.5. The van der Waals surface area contributed by atoms with Crippen molar-refractivity contribution in [2.45, 2.75) is 28.8 Å². The predicted molar refractivity (Wildman–Crippen MR) is 249 cm³/mol. The molecule has 6 aromatic rings. The van der Waals surface area contributed by atoms with Gasteiger partial charge in [-0.3, -0.25) is 24.6 Å². The van der Waals surface area contributed by atoms with Crippen LogP contribution in [0, 0.1) is 10.1 Å². The lowest BCUT2D eigenvalue weighted by atomic mass is 9.99. The van der Waals surface area contributed by atoms with Crippen molar-refractivity contribution in [1.82, 2.24) is 19.8 Å². The molecule has 0 unspecified atom stereocenters. The number of morpholine rings is 1. The lowest BCUT2D eigenvalue weighted by Crippen LogP contribution is -2.46. The number of hydrogen-bond acceptors (Lipinski definition) is 12. The average Bonchev–Trinajstić information content (AvgIpc) is 3.29. The highest BCUT2D eigenvalue weighted by molar-refractivity contribution is 7.99. The van der Waals surface area contributed by atoms with E-state index in [-0.39, 0.29) is 28.1 Å². The molecule has 0 spiro atoms. The molecule has 0 saturated carbocycles. The van der Waals surface area contributed by atoms with Gasteiger partial charge in [-0.05, 0) is 89.8 Å². The van der Waals surface area contributed by atoms with Gasteiger partial charge in [-0.25, -0.2) is 18.4 Å². The van der Waals surface area contributed by atoms with Gasteiger partial charge in [0.25, 0.3) is 15.7 Å². The van der Waals surface area contributed by atoms with E-state index in [4.69, 9.17) is 27.9 Å². The molecule has 17 heteroatoms. The summed E-state index contributed by atoms with van der Waals surface area (Å²) in [6.45, 7) is 7.91. The minimum Gasteiger partial charge on any atom is -0.379 e. The molecule has 2 N–H and O–H groups in total. The minimum atomic E-state index is -4.29. The minimum absolute atomic E-state index is 0.0815. The Morgan fingerprint density at radius 1 is 0.823 bits per heavy atom. The molecule has 2 aliphatic heterocycles. The van der Waals surface area contributed by atoms with Gasteiger partial charge in [-0.2, -0.15) is 0 Å². The molecule has 5 aromatic carbocycles. The molecule has 0 bridgehead atoms. The highest BCUT2D eigenvalue weighted by Gasteiger charge is 2.26. The number of fused-ring (bicyclic) bond motifs is 1. The molecule has 0 amide bonds. The number of nitro groups is 1. The van der Waals surface area contributed by atoms with Crippen LogP contribution in [-0.2, 0) is 21.3 Å². The van der Waals surface area contributed by atoms with Crippen LogP contribution in [0.15, 0.2) is 125 Å². The number of nitro benzene ring substituents is 1. The summed E-state index contributed by atoms with van der Waals surface area (Å²) in [5.41, 5.74) is 5.02. The van der Waals surface area contributed by atoms with Crippen LogP contribution >= 0.6 is 35.0 Å². The van der Waals surface area contributed by atoms with Crippen LogP contribution in [0.4, 0.5) is 22.9 Å². The maximum Gasteiger partial charge on any atom is 0.293 e.